The molecule has 0 radical (unpaired) electrons. The highest BCUT2D eigenvalue weighted by Gasteiger charge is 2.08. The van der Waals surface area contributed by atoms with Crippen molar-refractivity contribution < 1.29 is 19.4 Å². The molecule has 0 bridgehead atoms. The fourth-order valence-corrected chi connectivity index (χ4v) is 3.03. The second-order valence-corrected chi connectivity index (χ2v) is 7.17. The molecule has 30 heavy (non-hydrogen) atoms. The average Bonchev–Trinajstić information content (AvgIpc) is 2.76. The molecule has 5 heteroatoms. The molecule has 3 aromatic carbocycles. The molecule has 1 N–H and O–H groups in total. The van der Waals surface area contributed by atoms with E-state index in [1.54, 1.807) is 31.4 Å². The molecule has 0 aliphatic heterocycles. The van der Waals surface area contributed by atoms with Gasteiger partial charge in [0, 0.05) is 6.21 Å². The van der Waals surface area contributed by atoms with E-state index in [1.165, 1.54) is 5.56 Å². The van der Waals surface area contributed by atoms with Crippen LogP contribution in [0, 0.1) is 0 Å². The van der Waals surface area contributed by atoms with Crippen molar-refractivity contribution >= 4 is 17.9 Å². The number of methoxy groups -OCH3 is 1. The lowest BCUT2D eigenvalue weighted by molar-refractivity contribution is 0.0697. The second-order valence-electron chi connectivity index (χ2n) is 7.17. The van der Waals surface area contributed by atoms with Gasteiger partial charge in [-0.3, -0.25) is 4.99 Å². The van der Waals surface area contributed by atoms with E-state index < -0.39 is 5.97 Å². The quantitative estimate of drug-likeness (QED) is 0.479. The fourth-order valence-electron chi connectivity index (χ4n) is 3.03. The molecule has 0 amide bonds. The van der Waals surface area contributed by atoms with Gasteiger partial charge >= 0.3 is 5.97 Å². The Morgan fingerprint density at radius 1 is 1.03 bits per heavy atom. The summed E-state index contributed by atoms with van der Waals surface area (Å²) in [5, 5.41) is 8.98. The Kier molecular flexibility index (Phi) is 6.86. The Morgan fingerprint density at radius 3 is 2.43 bits per heavy atom. The highest BCUT2D eigenvalue weighted by atomic mass is 16.5. The van der Waals surface area contributed by atoms with Crippen LogP contribution in [-0.4, -0.2) is 24.4 Å². The number of hydrogen-bond acceptors (Lipinski definition) is 4. The van der Waals surface area contributed by atoms with E-state index in [0.717, 1.165) is 16.8 Å². The zero-order chi connectivity index (χ0) is 21.5. The normalized spacial score (nSPS) is 11.1. The van der Waals surface area contributed by atoms with Crippen LogP contribution in [0.2, 0.25) is 0 Å². The van der Waals surface area contributed by atoms with Crippen LogP contribution in [0.4, 0.5) is 5.69 Å². The molecule has 0 atom stereocenters. The van der Waals surface area contributed by atoms with Crippen LogP contribution < -0.4 is 9.47 Å². The second kappa shape index (κ2) is 9.74. The van der Waals surface area contributed by atoms with Crippen molar-refractivity contribution in [1.82, 2.24) is 0 Å². The third-order valence-electron chi connectivity index (χ3n) is 4.69. The predicted molar refractivity (Wildman–Crippen MR) is 119 cm³/mol. The lowest BCUT2D eigenvalue weighted by atomic mass is 10.0. The minimum atomic E-state index is -0.947. The van der Waals surface area contributed by atoms with Crippen LogP contribution >= 0.6 is 0 Å². The van der Waals surface area contributed by atoms with Crippen molar-refractivity contribution in [2.75, 3.05) is 7.11 Å². The Bertz CT molecular complexity index is 1040. The van der Waals surface area contributed by atoms with Gasteiger partial charge in [-0.2, -0.15) is 0 Å². The summed E-state index contributed by atoms with van der Waals surface area (Å²) in [4.78, 5) is 15.6. The Balaban J connectivity index is 1.72. The topological polar surface area (TPSA) is 68.1 Å². The van der Waals surface area contributed by atoms with Crippen molar-refractivity contribution in [2.45, 2.75) is 26.4 Å². The zero-order valence-electron chi connectivity index (χ0n) is 17.3. The highest BCUT2D eigenvalue weighted by molar-refractivity contribution is 5.87. The van der Waals surface area contributed by atoms with Gasteiger partial charge in [0.25, 0.3) is 0 Å². The molecule has 5 nitrogen and oxygen atoms in total. The average molecular weight is 403 g/mol. The summed E-state index contributed by atoms with van der Waals surface area (Å²) in [7, 11) is 1.60. The molecule has 3 aromatic rings. The third kappa shape index (κ3) is 5.26. The van der Waals surface area contributed by atoms with Crippen molar-refractivity contribution in [2.24, 2.45) is 4.99 Å². The molecule has 0 heterocycles. The maximum Gasteiger partial charge on any atom is 0.335 e. The number of para-hydroxylation sites is 1. The third-order valence-corrected chi connectivity index (χ3v) is 4.69. The molecule has 0 aliphatic carbocycles. The number of hydrogen-bond donors (Lipinski definition) is 1. The summed E-state index contributed by atoms with van der Waals surface area (Å²) < 4.78 is 11.3. The zero-order valence-corrected chi connectivity index (χ0v) is 17.3. The number of carboxylic acid groups (broad SMARTS) is 1. The molecular weight excluding hydrogens is 378 g/mol. The molecule has 0 unspecified atom stereocenters. The lowest BCUT2D eigenvalue weighted by Crippen LogP contribution is -2.00. The van der Waals surface area contributed by atoms with E-state index in [4.69, 9.17) is 14.6 Å². The van der Waals surface area contributed by atoms with Crippen LogP contribution in [0.3, 0.4) is 0 Å². The van der Waals surface area contributed by atoms with E-state index in [0.29, 0.717) is 24.0 Å². The number of benzene rings is 3. The van der Waals surface area contributed by atoms with Crippen LogP contribution in [0.1, 0.15) is 46.8 Å². The maximum absolute atomic E-state index is 10.9. The number of nitrogens with zero attached hydrogens (tertiary/aromatic N) is 1. The van der Waals surface area contributed by atoms with Gasteiger partial charge < -0.3 is 14.6 Å². The number of carboxylic acids is 1. The summed E-state index contributed by atoms with van der Waals surface area (Å²) >= 11 is 0. The number of ether oxygens (including phenoxy) is 2. The van der Waals surface area contributed by atoms with E-state index >= 15 is 0 Å². The summed E-state index contributed by atoms with van der Waals surface area (Å²) in [6.07, 6.45) is 1.82. The van der Waals surface area contributed by atoms with E-state index in [2.05, 4.69) is 24.9 Å². The van der Waals surface area contributed by atoms with Gasteiger partial charge in [-0.15, -0.1) is 0 Å². The summed E-state index contributed by atoms with van der Waals surface area (Å²) in [6.45, 7) is 4.61. The van der Waals surface area contributed by atoms with Gasteiger partial charge in [0.1, 0.15) is 6.61 Å². The standard InChI is InChI=1S/C25H25NO4/c1-17(2)21-6-4-5-7-22(21)26-15-19-10-13-23(24(14-19)29-3)30-16-18-8-11-20(12-9-18)25(27)28/h4-15,17H,16H2,1-3H3,(H,27,28). The molecule has 0 aromatic heterocycles. The summed E-state index contributed by atoms with van der Waals surface area (Å²) in [5.74, 6) is 0.670. The van der Waals surface area contributed by atoms with Crippen LogP contribution in [0.15, 0.2) is 71.7 Å². The largest absolute Gasteiger partial charge is 0.493 e. The van der Waals surface area contributed by atoms with Gasteiger partial charge in [0.15, 0.2) is 11.5 Å². The Hall–Kier alpha value is -3.60. The molecular formula is C25H25NO4. The fraction of sp³-hybridized carbons (Fsp3) is 0.200. The van der Waals surface area contributed by atoms with E-state index in [-0.39, 0.29) is 5.56 Å². The smallest absolute Gasteiger partial charge is 0.335 e. The predicted octanol–water partition coefficient (Wildman–Crippen LogP) is 5.85. The lowest BCUT2D eigenvalue weighted by Gasteiger charge is -2.12. The number of aromatic carboxylic acids is 1. The number of rotatable bonds is 8. The monoisotopic (exact) mass is 403 g/mol. The first-order valence-electron chi connectivity index (χ1n) is 9.74. The molecule has 0 saturated heterocycles. The maximum atomic E-state index is 10.9. The van der Waals surface area contributed by atoms with Gasteiger partial charge in [-0.05, 0) is 59.0 Å². The van der Waals surface area contributed by atoms with Crippen molar-refractivity contribution in [1.29, 1.82) is 0 Å². The molecule has 154 valence electrons. The van der Waals surface area contributed by atoms with Crippen molar-refractivity contribution in [3.8, 4) is 11.5 Å². The molecule has 0 spiro atoms. The van der Waals surface area contributed by atoms with Gasteiger partial charge in [-0.25, -0.2) is 4.79 Å². The van der Waals surface area contributed by atoms with Gasteiger partial charge in [0.2, 0.25) is 0 Å². The molecule has 0 aliphatic rings. The minimum Gasteiger partial charge on any atom is -0.493 e. The van der Waals surface area contributed by atoms with Crippen molar-refractivity contribution in [3.63, 3.8) is 0 Å². The SMILES string of the molecule is COc1cc(C=Nc2ccccc2C(C)C)ccc1OCc1ccc(C(=O)O)cc1. The minimum absolute atomic E-state index is 0.249. The molecule has 0 fully saturated rings. The summed E-state index contributed by atoms with van der Waals surface area (Å²) in [5.41, 5.74) is 4.19. The van der Waals surface area contributed by atoms with Crippen LogP contribution in [-0.2, 0) is 6.61 Å². The highest BCUT2D eigenvalue weighted by Crippen LogP contribution is 2.30. The number of aliphatic imine (C=N–C) groups is 1. The van der Waals surface area contributed by atoms with Crippen LogP contribution in [0.25, 0.3) is 0 Å². The Labute approximate surface area is 176 Å². The molecule has 3 rings (SSSR count). The van der Waals surface area contributed by atoms with Gasteiger partial charge in [-0.1, -0.05) is 44.2 Å². The van der Waals surface area contributed by atoms with E-state index in [1.807, 2.05) is 42.6 Å². The van der Waals surface area contributed by atoms with Crippen molar-refractivity contribution in [3.05, 3.63) is 89.0 Å². The van der Waals surface area contributed by atoms with E-state index in [9.17, 15) is 4.79 Å². The number of carbonyl (C=O) groups is 1. The first-order chi connectivity index (χ1) is 14.5. The first kappa shape index (κ1) is 21.1. The van der Waals surface area contributed by atoms with Gasteiger partial charge in [0.05, 0.1) is 18.4 Å². The summed E-state index contributed by atoms with van der Waals surface area (Å²) in [6, 6.07) is 20.4. The Morgan fingerprint density at radius 2 is 1.77 bits per heavy atom. The van der Waals surface area contributed by atoms with Crippen LogP contribution in [0.5, 0.6) is 11.5 Å². The first-order valence-corrected chi connectivity index (χ1v) is 9.74. The molecule has 0 saturated carbocycles.